The highest BCUT2D eigenvalue weighted by Gasteiger charge is 2.09. The number of amides is 2. The fraction of sp³-hybridized carbons (Fsp3) is 0.385. The van der Waals surface area contributed by atoms with Crippen LogP contribution in [0, 0.1) is 0 Å². The van der Waals surface area contributed by atoms with Crippen LogP contribution in [0.25, 0.3) is 0 Å². The van der Waals surface area contributed by atoms with Crippen molar-refractivity contribution in [2.24, 2.45) is 0 Å². The van der Waals surface area contributed by atoms with Gasteiger partial charge < -0.3 is 20.1 Å². The van der Waals surface area contributed by atoms with E-state index in [0.29, 0.717) is 25.4 Å². The molecule has 0 atom stereocenters. The van der Waals surface area contributed by atoms with Crippen molar-refractivity contribution < 1.29 is 19.4 Å². The quantitative estimate of drug-likeness (QED) is 0.771. The lowest BCUT2D eigenvalue weighted by Gasteiger charge is -2.17. The Labute approximate surface area is 112 Å². The second-order valence-electron chi connectivity index (χ2n) is 3.93. The Morgan fingerprint density at radius 3 is 2.47 bits per heavy atom. The lowest BCUT2D eigenvalue weighted by atomic mass is 10.2. The van der Waals surface area contributed by atoms with E-state index >= 15 is 0 Å². The topological polar surface area (TPSA) is 78.9 Å². The number of carboxylic acid groups (broad SMARTS) is 1. The maximum absolute atomic E-state index is 11.8. The van der Waals surface area contributed by atoms with Gasteiger partial charge in [0, 0.05) is 25.9 Å². The Hall–Kier alpha value is -2.08. The minimum Gasteiger partial charge on any atom is -0.478 e. The maximum atomic E-state index is 11.8. The summed E-state index contributed by atoms with van der Waals surface area (Å²) in [6.07, 6.45) is 0. The highest BCUT2D eigenvalue weighted by molar-refractivity contribution is 5.91. The summed E-state index contributed by atoms with van der Waals surface area (Å²) in [7, 11) is 1.67. The molecule has 2 amide bonds. The standard InChI is InChI=1S/C13H18N2O4/c1-3-19-9-8-15(2)13(18)14-11-6-4-10(5-7-11)12(16)17/h4-7H,3,8-9H2,1-2H3,(H,14,18)(H,16,17). The molecule has 0 aliphatic heterocycles. The van der Waals surface area contributed by atoms with Gasteiger partial charge >= 0.3 is 12.0 Å². The smallest absolute Gasteiger partial charge is 0.335 e. The number of carbonyl (C=O) groups excluding carboxylic acids is 1. The van der Waals surface area contributed by atoms with E-state index in [4.69, 9.17) is 9.84 Å². The number of ether oxygens (including phenoxy) is 1. The molecule has 6 heteroatoms. The zero-order valence-corrected chi connectivity index (χ0v) is 11.0. The molecule has 0 bridgehead atoms. The zero-order chi connectivity index (χ0) is 14.3. The van der Waals surface area contributed by atoms with Crippen LogP contribution >= 0.6 is 0 Å². The summed E-state index contributed by atoms with van der Waals surface area (Å²) < 4.78 is 5.16. The van der Waals surface area contributed by atoms with Gasteiger partial charge in [-0.3, -0.25) is 0 Å². The number of hydrogen-bond donors (Lipinski definition) is 2. The number of carboxylic acids is 1. The van der Waals surface area contributed by atoms with Gasteiger partial charge in [-0.1, -0.05) is 0 Å². The lowest BCUT2D eigenvalue weighted by Crippen LogP contribution is -2.34. The van der Waals surface area contributed by atoms with Crippen molar-refractivity contribution in [3.05, 3.63) is 29.8 Å². The molecular formula is C13H18N2O4. The minimum absolute atomic E-state index is 0.183. The first-order valence-corrected chi connectivity index (χ1v) is 5.97. The molecule has 6 nitrogen and oxygen atoms in total. The van der Waals surface area contributed by atoms with E-state index < -0.39 is 5.97 Å². The number of rotatable bonds is 6. The minimum atomic E-state index is -0.994. The molecule has 2 N–H and O–H groups in total. The van der Waals surface area contributed by atoms with E-state index in [2.05, 4.69) is 5.32 Å². The summed E-state index contributed by atoms with van der Waals surface area (Å²) in [4.78, 5) is 23.9. The summed E-state index contributed by atoms with van der Waals surface area (Å²) in [6, 6.07) is 5.73. The number of anilines is 1. The molecule has 1 aromatic rings. The number of benzene rings is 1. The summed E-state index contributed by atoms with van der Waals surface area (Å²) >= 11 is 0. The Morgan fingerprint density at radius 2 is 1.95 bits per heavy atom. The molecule has 19 heavy (non-hydrogen) atoms. The van der Waals surface area contributed by atoms with Crippen LogP contribution in [-0.4, -0.2) is 48.8 Å². The predicted molar refractivity (Wildman–Crippen MR) is 71.5 cm³/mol. The first-order chi connectivity index (χ1) is 9.04. The fourth-order valence-corrected chi connectivity index (χ4v) is 1.36. The molecule has 1 aromatic carbocycles. The van der Waals surface area contributed by atoms with E-state index in [-0.39, 0.29) is 11.6 Å². The number of urea groups is 1. The molecule has 0 fully saturated rings. The third kappa shape index (κ3) is 4.97. The third-order valence-electron chi connectivity index (χ3n) is 2.50. The number of aromatic carboxylic acids is 1. The van der Waals surface area contributed by atoms with Crippen LogP contribution in [0.4, 0.5) is 10.5 Å². The zero-order valence-electron chi connectivity index (χ0n) is 11.0. The van der Waals surface area contributed by atoms with Crippen LogP contribution in [0.5, 0.6) is 0 Å². The Kier molecular flexibility index (Phi) is 5.81. The molecule has 0 spiro atoms. The van der Waals surface area contributed by atoms with Crippen LogP contribution in [0.2, 0.25) is 0 Å². The van der Waals surface area contributed by atoms with Gasteiger partial charge in [0.2, 0.25) is 0 Å². The maximum Gasteiger partial charge on any atom is 0.335 e. The van der Waals surface area contributed by atoms with Crippen molar-refractivity contribution in [2.75, 3.05) is 32.1 Å². The summed E-state index contributed by atoms with van der Waals surface area (Å²) in [5.41, 5.74) is 0.737. The van der Waals surface area contributed by atoms with E-state index in [9.17, 15) is 9.59 Å². The van der Waals surface area contributed by atoms with Crippen molar-refractivity contribution >= 4 is 17.7 Å². The summed E-state index contributed by atoms with van der Waals surface area (Å²) in [5.74, 6) is -0.994. The fourth-order valence-electron chi connectivity index (χ4n) is 1.36. The van der Waals surface area contributed by atoms with Gasteiger partial charge in [0.1, 0.15) is 0 Å². The van der Waals surface area contributed by atoms with Gasteiger partial charge in [-0.05, 0) is 31.2 Å². The highest BCUT2D eigenvalue weighted by Crippen LogP contribution is 2.10. The molecular weight excluding hydrogens is 248 g/mol. The van der Waals surface area contributed by atoms with E-state index in [1.165, 1.54) is 17.0 Å². The average Bonchev–Trinajstić information content (AvgIpc) is 2.39. The number of nitrogens with one attached hydrogen (secondary N) is 1. The summed E-state index contributed by atoms with van der Waals surface area (Å²) in [5, 5.41) is 11.4. The van der Waals surface area contributed by atoms with Gasteiger partial charge in [0.25, 0.3) is 0 Å². The van der Waals surface area contributed by atoms with Crippen LogP contribution in [0.1, 0.15) is 17.3 Å². The molecule has 0 radical (unpaired) electrons. The summed E-state index contributed by atoms with van der Waals surface area (Å²) in [6.45, 7) is 3.49. The van der Waals surface area contributed by atoms with E-state index in [0.717, 1.165) is 0 Å². The Balaban J connectivity index is 2.49. The van der Waals surface area contributed by atoms with Gasteiger partial charge in [0.05, 0.1) is 12.2 Å². The second-order valence-corrected chi connectivity index (χ2v) is 3.93. The second kappa shape index (κ2) is 7.38. The SMILES string of the molecule is CCOCCN(C)C(=O)Nc1ccc(C(=O)O)cc1. The molecule has 0 aliphatic rings. The third-order valence-corrected chi connectivity index (χ3v) is 2.50. The number of likely N-dealkylation sites (N-methyl/N-ethyl adjacent to an activating group) is 1. The largest absolute Gasteiger partial charge is 0.478 e. The lowest BCUT2D eigenvalue weighted by molar-refractivity contribution is 0.0697. The van der Waals surface area contributed by atoms with Crippen molar-refractivity contribution in [3.8, 4) is 0 Å². The number of nitrogens with zero attached hydrogens (tertiary/aromatic N) is 1. The Bertz CT molecular complexity index is 431. The number of carbonyl (C=O) groups is 2. The molecule has 104 valence electrons. The number of hydrogen-bond acceptors (Lipinski definition) is 3. The molecule has 0 saturated heterocycles. The first-order valence-electron chi connectivity index (χ1n) is 5.97. The van der Waals surface area contributed by atoms with E-state index in [1.54, 1.807) is 19.2 Å². The molecule has 0 aromatic heterocycles. The van der Waals surface area contributed by atoms with Crippen molar-refractivity contribution in [2.45, 2.75) is 6.92 Å². The van der Waals surface area contributed by atoms with Crippen molar-refractivity contribution in [1.29, 1.82) is 0 Å². The van der Waals surface area contributed by atoms with Crippen LogP contribution in [0.3, 0.4) is 0 Å². The monoisotopic (exact) mass is 266 g/mol. The first kappa shape index (κ1) is 15.0. The average molecular weight is 266 g/mol. The van der Waals surface area contributed by atoms with Crippen LogP contribution in [-0.2, 0) is 4.74 Å². The van der Waals surface area contributed by atoms with Gasteiger partial charge in [0.15, 0.2) is 0 Å². The normalized spacial score (nSPS) is 10.0. The van der Waals surface area contributed by atoms with Crippen LogP contribution < -0.4 is 5.32 Å². The van der Waals surface area contributed by atoms with Crippen molar-refractivity contribution in [3.63, 3.8) is 0 Å². The van der Waals surface area contributed by atoms with Crippen molar-refractivity contribution in [1.82, 2.24) is 4.90 Å². The van der Waals surface area contributed by atoms with Gasteiger partial charge in [-0.2, -0.15) is 0 Å². The molecule has 0 saturated carbocycles. The predicted octanol–water partition coefficient (Wildman–Crippen LogP) is 1.89. The molecule has 0 aliphatic carbocycles. The van der Waals surface area contributed by atoms with Gasteiger partial charge in [-0.15, -0.1) is 0 Å². The molecule has 0 unspecified atom stereocenters. The highest BCUT2D eigenvalue weighted by atomic mass is 16.5. The Morgan fingerprint density at radius 1 is 1.32 bits per heavy atom. The van der Waals surface area contributed by atoms with E-state index in [1.807, 2.05) is 6.92 Å². The van der Waals surface area contributed by atoms with Gasteiger partial charge in [-0.25, -0.2) is 9.59 Å². The molecule has 0 heterocycles. The molecule has 1 rings (SSSR count). The van der Waals surface area contributed by atoms with Crippen LogP contribution in [0.15, 0.2) is 24.3 Å².